The Hall–Kier alpha value is -0.701. The molecule has 14 heavy (non-hydrogen) atoms. The summed E-state index contributed by atoms with van der Waals surface area (Å²) in [6, 6.07) is 8.62. The van der Waals surface area contributed by atoms with Crippen LogP contribution >= 0.6 is 0 Å². The standard InChI is InChI=1S/C10H15NO2Se/c1-3-11(4-2)14(12,13)10-8-6-5-7-9-10/h5-9H,3-4H2,1-2H3. The summed E-state index contributed by atoms with van der Waals surface area (Å²) in [6.45, 7) is 4.79. The van der Waals surface area contributed by atoms with Gasteiger partial charge < -0.3 is 0 Å². The molecule has 1 aromatic carbocycles. The van der Waals surface area contributed by atoms with Crippen molar-refractivity contribution in [3.8, 4) is 0 Å². The Morgan fingerprint density at radius 2 is 1.57 bits per heavy atom. The van der Waals surface area contributed by atoms with Crippen LogP contribution in [0.25, 0.3) is 0 Å². The van der Waals surface area contributed by atoms with Crippen LogP contribution in [0.1, 0.15) is 13.8 Å². The SMILES string of the molecule is CCN(CC)[Se](=O)(=O)c1ccccc1. The Bertz CT molecular complexity index is 368. The average Bonchev–Trinajstić information content (AvgIpc) is 2.20. The van der Waals surface area contributed by atoms with Crippen molar-refractivity contribution in [2.75, 3.05) is 13.1 Å². The van der Waals surface area contributed by atoms with Crippen LogP contribution in [0, 0.1) is 0 Å². The van der Waals surface area contributed by atoms with Gasteiger partial charge in [0.05, 0.1) is 0 Å². The van der Waals surface area contributed by atoms with Gasteiger partial charge in [-0.05, 0) is 0 Å². The zero-order valence-corrected chi connectivity index (χ0v) is 10.2. The van der Waals surface area contributed by atoms with Crippen molar-refractivity contribution in [2.45, 2.75) is 13.8 Å². The number of benzene rings is 1. The zero-order chi connectivity index (χ0) is 10.6. The fourth-order valence-corrected chi connectivity index (χ4v) is 4.41. The number of nitrogens with zero attached hydrogens (tertiary/aromatic N) is 1. The molecule has 0 bridgehead atoms. The zero-order valence-electron chi connectivity index (χ0n) is 8.47. The van der Waals surface area contributed by atoms with Gasteiger partial charge in [0, 0.05) is 0 Å². The van der Waals surface area contributed by atoms with E-state index in [2.05, 4.69) is 0 Å². The molecule has 0 N–H and O–H groups in total. The van der Waals surface area contributed by atoms with Crippen LogP contribution in [0.5, 0.6) is 0 Å². The van der Waals surface area contributed by atoms with Crippen LogP contribution in [0.15, 0.2) is 30.3 Å². The maximum absolute atomic E-state index is 12.0. The fraction of sp³-hybridized carbons (Fsp3) is 0.400. The van der Waals surface area contributed by atoms with E-state index in [0.717, 1.165) is 0 Å². The van der Waals surface area contributed by atoms with Gasteiger partial charge in [-0.1, -0.05) is 0 Å². The van der Waals surface area contributed by atoms with Crippen molar-refractivity contribution in [1.29, 1.82) is 0 Å². The molecular weight excluding hydrogens is 245 g/mol. The van der Waals surface area contributed by atoms with E-state index < -0.39 is 12.9 Å². The predicted molar refractivity (Wildman–Crippen MR) is 56.1 cm³/mol. The Labute approximate surface area is 86.6 Å². The fourth-order valence-electron chi connectivity index (χ4n) is 1.31. The Morgan fingerprint density at radius 3 is 2.00 bits per heavy atom. The number of hydrogen-bond acceptors (Lipinski definition) is 2. The first-order valence-electron chi connectivity index (χ1n) is 4.68. The maximum atomic E-state index is 12.0. The second-order valence-corrected chi connectivity index (χ2v) is 6.97. The van der Waals surface area contributed by atoms with Crippen LogP contribution in [0.2, 0.25) is 0 Å². The summed E-state index contributed by atoms with van der Waals surface area (Å²) < 4.78 is 25.9. The summed E-state index contributed by atoms with van der Waals surface area (Å²) in [6.07, 6.45) is 0. The molecule has 0 radical (unpaired) electrons. The molecule has 0 unspecified atom stereocenters. The van der Waals surface area contributed by atoms with Crippen LogP contribution in [-0.2, 0) is 7.67 Å². The van der Waals surface area contributed by atoms with Crippen LogP contribution in [-0.4, -0.2) is 29.9 Å². The summed E-state index contributed by atoms with van der Waals surface area (Å²) in [5.74, 6) is 0. The Kier molecular flexibility index (Phi) is 3.81. The summed E-state index contributed by atoms with van der Waals surface area (Å²) in [5, 5.41) is 0. The first-order chi connectivity index (χ1) is 6.62. The van der Waals surface area contributed by atoms with Crippen molar-refractivity contribution in [3.63, 3.8) is 0 Å². The van der Waals surface area contributed by atoms with Crippen molar-refractivity contribution in [1.82, 2.24) is 3.92 Å². The van der Waals surface area contributed by atoms with Gasteiger partial charge in [0.15, 0.2) is 0 Å². The average molecular weight is 260 g/mol. The molecule has 78 valence electrons. The van der Waals surface area contributed by atoms with Crippen LogP contribution in [0.4, 0.5) is 0 Å². The van der Waals surface area contributed by atoms with E-state index in [4.69, 9.17) is 0 Å². The Morgan fingerprint density at radius 1 is 1.07 bits per heavy atom. The molecule has 0 saturated carbocycles. The van der Waals surface area contributed by atoms with Gasteiger partial charge in [0.2, 0.25) is 0 Å². The van der Waals surface area contributed by atoms with Crippen molar-refractivity contribution < 1.29 is 7.67 Å². The van der Waals surface area contributed by atoms with Gasteiger partial charge in [-0.3, -0.25) is 0 Å². The van der Waals surface area contributed by atoms with Gasteiger partial charge in [0.1, 0.15) is 0 Å². The molecule has 0 saturated heterocycles. The van der Waals surface area contributed by atoms with Crippen molar-refractivity contribution >= 4 is 17.4 Å². The van der Waals surface area contributed by atoms with Crippen LogP contribution < -0.4 is 4.46 Å². The molecule has 3 nitrogen and oxygen atoms in total. The molecule has 0 aliphatic carbocycles. The van der Waals surface area contributed by atoms with E-state index in [9.17, 15) is 7.67 Å². The van der Waals surface area contributed by atoms with Gasteiger partial charge in [-0.15, -0.1) is 0 Å². The number of rotatable bonds is 4. The van der Waals surface area contributed by atoms with Gasteiger partial charge in [0.25, 0.3) is 0 Å². The number of hydrogen-bond donors (Lipinski definition) is 0. The Balaban J connectivity index is 3.08. The van der Waals surface area contributed by atoms with Crippen molar-refractivity contribution in [3.05, 3.63) is 30.3 Å². The molecule has 1 rings (SSSR count). The molecule has 0 aliphatic heterocycles. The quantitative estimate of drug-likeness (QED) is 0.759. The van der Waals surface area contributed by atoms with Gasteiger partial charge in [-0.2, -0.15) is 0 Å². The monoisotopic (exact) mass is 261 g/mol. The minimum absolute atomic E-state index is 0.437. The topological polar surface area (TPSA) is 37.4 Å². The van der Waals surface area contributed by atoms with E-state index >= 15 is 0 Å². The molecule has 0 amide bonds. The summed E-state index contributed by atoms with van der Waals surface area (Å²) >= 11 is -4.07. The molecule has 0 aromatic heterocycles. The molecule has 4 heteroatoms. The third kappa shape index (κ3) is 2.21. The summed E-state index contributed by atoms with van der Waals surface area (Å²) in [7, 11) is 0. The van der Waals surface area contributed by atoms with E-state index in [0.29, 0.717) is 17.6 Å². The first kappa shape index (κ1) is 11.4. The third-order valence-corrected chi connectivity index (χ3v) is 6.42. The van der Waals surface area contributed by atoms with E-state index in [1.54, 1.807) is 24.3 Å². The van der Waals surface area contributed by atoms with Crippen LogP contribution in [0.3, 0.4) is 0 Å². The molecule has 0 spiro atoms. The second-order valence-electron chi connectivity index (χ2n) is 2.90. The summed E-state index contributed by atoms with van der Waals surface area (Å²) in [4.78, 5) is 0. The van der Waals surface area contributed by atoms with Gasteiger partial charge >= 0.3 is 86.2 Å². The van der Waals surface area contributed by atoms with Crippen molar-refractivity contribution in [2.24, 2.45) is 0 Å². The second kappa shape index (κ2) is 4.69. The predicted octanol–water partition coefficient (Wildman–Crippen LogP) is 1.04. The van der Waals surface area contributed by atoms with Gasteiger partial charge in [-0.25, -0.2) is 0 Å². The molecular formula is C10H15NO2Se. The third-order valence-electron chi connectivity index (χ3n) is 2.09. The summed E-state index contributed by atoms with van der Waals surface area (Å²) in [5.41, 5.74) is 0. The van der Waals surface area contributed by atoms with E-state index in [1.165, 1.54) is 3.92 Å². The molecule has 0 heterocycles. The molecule has 0 aliphatic rings. The molecule has 0 fully saturated rings. The van der Waals surface area contributed by atoms with E-state index in [1.807, 2.05) is 19.9 Å². The minimum atomic E-state index is -4.07. The normalized spacial score (nSPS) is 11.9. The first-order valence-corrected chi connectivity index (χ1v) is 7.70. The molecule has 0 atom stereocenters. The molecule has 1 aromatic rings. The van der Waals surface area contributed by atoms with E-state index in [-0.39, 0.29) is 0 Å².